The highest BCUT2D eigenvalue weighted by Crippen LogP contribution is 2.28. The number of fused-ring (bicyclic) bond motifs is 1. The van der Waals surface area contributed by atoms with E-state index < -0.39 is 5.41 Å². The van der Waals surface area contributed by atoms with Crippen LogP contribution >= 0.6 is 11.8 Å². The van der Waals surface area contributed by atoms with Gasteiger partial charge in [0, 0.05) is 10.8 Å². The molecule has 2 aromatic heterocycles. The van der Waals surface area contributed by atoms with Crippen LogP contribution in [0.2, 0.25) is 0 Å². The monoisotopic (exact) mass is 434 g/mol. The molecule has 4 rings (SSSR count). The topological polar surface area (TPSA) is 90.9 Å². The third-order valence-electron chi connectivity index (χ3n) is 4.82. The van der Waals surface area contributed by atoms with Gasteiger partial charge in [-0.25, -0.2) is 4.68 Å². The van der Waals surface area contributed by atoms with Crippen molar-refractivity contribution in [1.29, 1.82) is 0 Å². The maximum atomic E-state index is 13.0. The van der Waals surface area contributed by atoms with E-state index in [4.69, 9.17) is 4.42 Å². The van der Waals surface area contributed by atoms with E-state index in [-0.39, 0.29) is 23.0 Å². The van der Waals surface area contributed by atoms with Crippen LogP contribution < -0.4 is 5.56 Å². The molecule has 0 fully saturated rings. The smallest absolute Gasteiger partial charge is 0.277 e. The highest BCUT2D eigenvalue weighted by molar-refractivity contribution is 7.99. The second-order valence-corrected chi connectivity index (χ2v) is 9.10. The molecular formula is C23H22N4O3S. The van der Waals surface area contributed by atoms with Gasteiger partial charge in [0.15, 0.2) is 5.69 Å². The van der Waals surface area contributed by atoms with Crippen molar-refractivity contribution in [3.05, 3.63) is 70.5 Å². The summed E-state index contributed by atoms with van der Waals surface area (Å²) < 4.78 is 7.21. The van der Waals surface area contributed by atoms with Crippen LogP contribution in [0.15, 0.2) is 69.0 Å². The molecule has 2 aromatic carbocycles. The highest BCUT2D eigenvalue weighted by Gasteiger charge is 2.23. The average molecular weight is 435 g/mol. The summed E-state index contributed by atoms with van der Waals surface area (Å²) in [5.74, 6) is 0.549. The first-order valence-corrected chi connectivity index (χ1v) is 10.9. The summed E-state index contributed by atoms with van der Waals surface area (Å²) in [6.07, 6.45) is 0. The zero-order valence-corrected chi connectivity index (χ0v) is 18.3. The molecule has 0 N–H and O–H groups in total. The molecule has 0 saturated carbocycles. The summed E-state index contributed by atoms with van der Waals surface area (Å²) in [5.41, 5.74) is 0.780. The third kappa shape index (κ3) is 4.59. The minimum absolute atomic E-state index is 0.0947. The van der Waals surface area contributed by atoms with Crippen molar-refractivity contribution in [2.75, 3.05) is 5.75 Å². The lowest BCUT2D eigenvalue weighted by molar-refractivity contribution is -0.123. The van der Waals surface area contributed by atoms with E-state index in [0.29, 0.717) is 28.2 Å². The van der Waals surface area contributed by atoms with E-state index in [2.05, 4.69) is 15.3 Å². The Kier molecular flexibility index (Phi) is 5.73. The largest absolute Gasteiger partial charge is 0.409 e. The summed E-state index contributed by atoms with van der Waals surface area (Å²) in [6, 6.07) is 16.9. The minimum atomic E-state index is -0.430. The Morgan fingerprint density at radius 3 is 2.39 bits per heavy atom. The standard InChI is InChI=1S/C23H22N4O3S/c1-23(2,3)18(28)14-31-22-25-24-20(30-22)19-16-11-7-8-12-17(16)21(29)27(26-19)13-15-9-5-4-6-10-15/h4-12H,13-14H2,1-3H3. The molecule has 0 aliphatic rings. The van der Waals surface area contributed by atoms with Gasteiger partial charge in [0.25, 0.3) is 16.7 Å². The van der Waals surface area contributed by atoms with Crippen LogP contribution in [-0.2, 0) is 11.3 Å². The molecule has 4 aromatic rings. The second-order valence-electron chi connectivity index (χ2n) is 8.18. The molecule has 0 atom stereocenters. The van der Waals surface area contributed by atoms with Crippen molar-refractivity contribution in [1.82, 2.24) is 20.0 Å². The van der Waals surface area contributed by atoms with Crippen molar-refractivity contribution in [2.45, 2.75) is 32.5 Å². The van der Waals surface area contributed by atoms with Gasteiger partial charge in [-0.05, 0) is 11.6 Å². The van der Waals surface area contributed by atoms with Gasteiger partial charge in [0.2, 0.25) is 0 Å². The average Bonchev–Trinajstić information content (AvgIpc) is 3.23. The number of carbonyl (C=O) groups is 1. The number of rotatable bonds is 6. The lowest BCUT2D eigenvalue weighted by Gasteiger charge is -2.14. The molecule has 0 bridgehead atoms. The highest BCUT2D eigenvalue weighted by atomic mass is 32.2. The Morgan fingerprint density at radius 2 is 1.68 bits per heavy atom. The fraction of sp³-hybridized carbons (Fsp3) is 0.261. The van der Waals surface area contributed by atoms with Gasteiger partial charge in [0.1, 0.15) is 5.78 Å². The molecule has 0 spiro atoms. The lowest BCUT2D eigenvalue weighted by Crippen LogP contribution is -2.24. The van der Waals surface area contributed by atoms with E-state index in [0.717, 1.165) is 5.56 Å². The fourth-order valence-electron chi connectivity index (χ4n) is 2.96. The van der Waals surface area contributed by atoms with Gasteiger partial charge in [-0.1, -0.05) is 81.1 Å². The molecule has 0 unspecified atom stereocenters. The Balaban J connectivity index is 1.71. The quantitative estimate of drug-likeness (QED) is 0.420. The SMILES string of the molecule is CC(C)(C)C(=O)CSc1nnc(-c2nn(Cc3ccccc3)c(=O)c3ccccc23)o1. The third-order valence-corrected chi connectivity index (χ3v) is 5.63. The summed E-state index contributed by atoms with van der Waals surface area (Å²) in [4.78, 5) is 25.2. The van der Waals surface area contributed by atoms with Crippen molar-refractivity contribution in [2.24, 2.45) is 5.41 Å². The first kappa shape index (κ1) is 21.0. The number of carbonyl (C=O) groups excluding carboxylic acids is 1. The summed E-state index contributed by atoms with van der Waals surface area (Å²) in [6.45, 7) is 5.96. The maximum Gasteiger partial charge on any atom is 0.277 e. The zero-order chi connectivity index (χ0) is 22.0. The predicted molar refractivity (Wildman–Crippen MR) is 120 cm³/mol. The molecular weight excluding hydrogens is 412 g/mol. The number of hydrogen-bond donors (Lipinski definition) is 0. The van der Waals surface area contributed by atoms with Crippen molar-refractivity contribution in [3.63, 3.8) is 0 Å². The molecule has 0 aliphatic heterocycles. The number of thioether (sulfide) groups is 1. The van der Waals surface area contributed by atoms with Crippen LogP contribution in [-0.4, -0.2) is 31.5 Å². The van der Waals surface area contributed by atoms with Crippen LogP contribution in [0.25, 0.3) is 22.4 Å². The number of hydrogen-bond acceptors (Lipinski definition) is 7. The molecule has 0 aliphatic carbocycles. The van der Waals surface area contributed by atoms with Gasteiger partial charge in [0.05, 0.1) is 17.7 Å². The molecule has 8 heteroatoms. The van der Waals surface area contributed by atoms with Gasteiger partial charge < -0.3 is 4.42 Å². The van der Waals surface area contributed by atoms with Crippen molar-refractivity contribution in [3.8, 4) is 11.6 Å². The molecule has 0 radical (unpaired) electrons. The Hall–Kier alpha value is -3.26. The van der Waals surface area contributed by atoms with Gasteiger partial charge in [-0.2, -0.15) is 5.10 Å². The van der Waals surface area contributed by atoms with Gasteiger partial charge in [-0.3, -0.25) is 9.59 Å². The summed E-state index contributed by atoms with van der Waals surface area (Å²) in [7, 11) is 0. The summed E-state index contributed by atoms with van der Waals surface area (Å²) in [5, 5.41) is 14.2. The molecule has 31 heavy (non-hydrogen) atoms. The zero-order valence-electron chi connectivity index (χ0n) is 17.5. The number of nitrogens with zero attached hydrogens (tertiary/aromatic N) is 4. The second kappa shape index (κ2) is 8.47. The number of benzene rings is 2. The van der Waals surface area contributed by atoms with Crippen LogP contribution in [0, 0.1) is 5.41 Å². The molecule has 158 valence electrons. The molecule has 2 heterocycles. The Labute approximate surface area is 183 Å². The van der Waals surface area contributed by atoms with E-state index in [1.54, 1.807) is 6.07 Å². The molecule has 0 saturated heterocycles. The maximum absolute atomic E-state index is 13.0. The van der Waals surface area contributed by atoms with E-state index in [9.17, 15) is 9.59 Å². The van der Waals surface area contributed by atoms with Crippen LogP contribution in [0.5, 0.6) is 0 Å². The molecule has 0 amide bonds. The normalized spacial score (nSPS) is 11.7. The predicted octanol–water partition coefficient (Wildman–Crippen LogP) is 4.20. The molecule has 7 nitrogen and oxygen atoms in total. The van der Waals surface area contributed by atoms with Crippen LogP contribution in [0.1, 0.15) is 26.3 Å². The van der Waals surface area contributed by atoms with Crippen LogP contribution in [0.3, 0.4) is 0 Å². The Bertz CT molecular complexity index is 1290. The van der Waals surface area contributed by atoms with E-state index in [1.807, 2.05) is 69.3 Å². The first-order valence-electron chi connectivity index (χ1n) is 9.87. The number of aromatic nitrogens is 4. The fourth-order valence-corrected chi connectivity index (χ4v) is 3.89. The van der Waals surface area contributed by atoms with E-state index in [1.165, 1.54) is 16.4 Å². The van der Waals surface area contributed by atoms with Crippen LogP contribution in [0.4, 0.5) is 0 Å². The first-order chi connectivity index (χ1) is 14.8. The Morgan fingerprint density at radius 1 is 1.00 bits per heavy atom. The van der Waals surface area contributed by atoms with Crippen molar-refractivity contribution >= 4 is 28.3 Å². The number of ketones is 1. The number of Topliss-reactive ketones (excluding diaryl/α,β-unsaturated/α-hetero) is 1. The van der Waals surface area contributed by atoms with Crippen molar-refractivity contribution < 1.29 is 9.21 Å². The lowest BCUT2D eigenvalue weighted by atomic mass is 9.92. The summed E-state index contributed by atoms with van der Waals surface area (Å²) >= 11 is 1.20. The van der Waals surface area contributed by atoms with Gasteiger partial charge in [-0.15, -0.1) is 10.2 Å². The minimum Gasteiger partial charge on any atom is -0.409 e. The van der Waals surface area contributed by atoms with E-state index >= 15 is 0 Å². The van der Waals surface area contributed by atoms with Gasteiger partial charge >= 0.3 is 0 Å².